The van der Waals surface area contributed by atoms with Crippen LogP contribution >= 0.6 is 11.6 Å². The molecule has 1 amide bonds. The van der Waals surface area contributed by atoms with Gasteiger partial charge in [-0.05, 0) is 37.3 Å². The van der Waals surface area contributed by atoms with E-state index in [1.165, 1.54) is 18.4 Å². The molecule has 1 heterocycles. The van der Waals surface area contributed by atoms with Crippen LogP contribution in [-0.4, -0.2) is 16.4 Å². The lowest BCUT2D eigenvalue weighted by molar-refractivity contribution is 0.121. The number of hydrogen-bond donors (Lipinski definition) is 2. The maximum absolute atomic E-state index is 12.2. The van der Waals surface area contributed by atoms with Gasteiger partial charge >= 0.3 is 6.09 Å². The number of carbonyl (C=O) groups is 1. The number of carbonyl (C=O) groups excluding carboxylic acids is 1. The van der Waals surface area contributed by atoms with Gasteiger partial charge in [-0.3, -0.25) is 5.32 Å². The third-order valence-corrected chi connectivity index (χ3v) is 3.92. The molecule has 0 radical (unpaired) electrons. The van der Waals surface area contributed by atoms with E-state index >= 15 is 0 Å². The highest BCUT2D eigenvalue weighted by atomic mass is 35.5. The molecule has 0 saturated carbocycles. The summed E-state index contributed by atoms with van der Waals surface area (Å²) in [7, 11) is 0. The van der Waals surface area contributed by atoms with Crippen molar-refractivity contribution < 1.29 is 19.2 Å². The number of aromatic hydroxyl groups is 1. The summed E-state index contributed by atoms with van der Waals surface area (Å²) in [6, 6.07) is 13.5. The van der Waals surface area contributed by atoms with E-state index in [0.717, 1.165) is 0 Å². The van der Waals surface area contributed by atoms with Gasteiger partial charge in [0.1, 0.15) is 29.5 Å². The molecule has 1 unspecified atom stereocenters. The van der Waals surface area contributed by atoms with Crippen LogP contribution in [0.1, 0.15) is 18.6 Å². The van der Waals surface area contributed by atoms with Gasteiger partial charge in [0.25, 0.3) is 0 Å². The van der Waals surface area contributed by atoms with Crippen LogP contribution < -0.4 is 5.32 Å². The minimum atomic E-state index is -0.657. The fourth-order valence-electron chi connectivity index (χ4n) is 2.32. The second-order valence-electron chi connectivity index (χ2n) is 5.32. The summed E-state index contributed by atoms with van der Waals surface area (Å²) < 4.78 is 10.3. The fraction of sp³-hybridized carbons (Fsp3) is 0.111. The third-order valence-electron chi connectivity index (χ3n) is 3.57. The Bertz CT molecular complexity index is 877. The Morgan fingerprint density at radius 2 is 1.96 bits per heavy atom. The number of aromatic nitrogens is 1. The van der Waals surface area contributed by atoms with Crippen LogP contribution in [0.4, 0.5) is 10.5 Å². The van der Waals surface area contributed by atoms with Crippen molar-refractivity contribution in [3.05, 3.63) is 65.4 Å². The van der Waals surface area contributed by atoms with E-state index in [1.807, 2.05) is 6.07 Å². The summed E-state index contributed by atoms with van der Waals surface area (Å²) >= 11 is 6.11. The van der Waals surface area contributed by atoms with Gasteiger partial charge < -0.3 is 14.4 Å². The van der Waals surface area contributed by atoms with Crippen molar-refractivity contribution in [2.45, 2.75) is 13.0 Å². The maximum Gasteiger partial charge on any atom is 0.412 e. The molecular formula is C18H15ClN2O4. The maximum atomic E-state index is 12.2. The van der Waals surface area contributed by atoms with Gasteiger partial charge in [0.15, 0.2) is 0 Å². The van der Waals surface area contributed by atoms with E-state index in [2.05, 4.69) is 10.5 Å². The molecule has 0 aliphatic heterocycles. The predicted octanol–water partition coefficient (Wildman–Crippen LogP) is 5.01. The van der Waals surface area contributed by atoms with E-state index in [1.54, 1.807) is 37.3 Å². The smallest absolute Gasteiger partial charge is 0.412 e. The highest BCUT2D eigenvalue weighted by Crippen LogP contribution is 2.29. The average molecular weight is 359 g/mol. The van der Waals surface area contributed by atoms with Crippen molar-refractivity contribution in [2.75, 3.05) is 5.32 Å². The number of nitrogens with zero attached hydrogens (tertiary/aromatic N) is 1. The first-order chi connectivity index (χ1) is 12.0. The standard InChI is InChI=1S/C18H15ClN2O4/c1-11(14-4-2-3-5-15(14)19)25-18(23)20-16-10-24-21-17(16)12-6-8-13(22)9-7-12/h2-11,22H,1H3,(H,20,23). The summed E-state index contributed by atoms with van der Waals surface area (Å²) in [6.45, 7) is 1.73. The highest BCUT2D eigenvalue weighted by molar-refractivity contribution is 6.31. The number of phenols is 1. The van der Waals surface area contributed by atoms with Crippen LogP contribution in [0.15, 0.2) is 59.3 Å². The molecule has 128 valence electrons. The van der Waals surface area contributed by atoms with E-state index < -0.39 is 12.2 Å². The minimum Gasteiger partial charge on any atom is -0.508 e. The first kappa shape index (κ1) is 16.9. The molecule has 0 aliphatic rings. The molecular weight excluding hydrogens is 344 g/mol. The molecule has 3 rings (SSSR count). The van der Waals surface area contributed by atoms with Crippen LogP contribution in [0.2, 0.25) is 5.02 Å². The molecule has 1 aromatic heterocycles. The Morgan fingerprint density at radius 1 is 1.24 bits per heavy atom. The largest absolute Gasteiger partial charge is 0.508 e. The first-order valence-electron chi connectivity index (χ1n) is 7.50. The minimum absolute atomic E-state index is 0.134. The molecule has 0 fully saturated rings. The number of rotatable bonds is 4. The van der Waals surface area contributed by atoms with Crippen molar-refractivity contribution in [1.82, 2.24) is 5.16 Å². The predicted molar refractivity (Wildman–Crippen MR) is 93.6 cm³/mol. The van der Waals surface area contributed by atoms with Crippen LogP contribution in [0, 0.1) is 0 Å². The zero-order valence-corrected chi connectivity index (χ0v) is 14.0. The number of benzene rings is 2. The molecule has 0 bridgehead atoms. The normalized spacial score (nSPS) is 11.8. The zero-order valence-electron chi connectivity index (χ0n) is 13.3. The lowest BCUT2D eigenvalue weighted by Crippen LogP contribution is -2.16. The number of nitrogens with one attached hydrogen (secondary N) is 1. The van der Waals surface area contributed by atoms with Gasteiger partial charge in [-0.2, -0.15) is 0 Å². The van der Waals surface area contributed by atoms with Gasteiger partial charge in [-0.25, -0.2) is 4.79 Å². The number of hydrogen-bond acceptors (Lipinski definition) is 5. The second-order valence-corrected chi connectivity index (χ2v) is 5.72. The number of halogens is 1. The van der Waals surface area contributed by atoms with E-state index in [0.29, 0.717) is 27.5 Å². The quantitative estimate of drug-likeness (QED) is 0.684. The SMILES string of the molecule is CC(OC(=O)Nc1conc1-c1ccc(O)cc1)c1ccccc1Cl. The molecule has 0 aliphatic carbocycles. The molecule has 2 N–H and O–H groups in total. The summed E-state index contributed by atoms with van der Waals surface area (Å²) in [5.41, 5.74) is 2.19. The summed E-state index contributed by atoms with van der Waals surface area (Å²) in [6.07, 6.45) is 0.130. The first-order valence-corrected chi connectivity index (χ1v) is 7.88. The average Bonchev–Trinajstić information content (AvgIpc) is 3.03. The zero-order chi connectivity index (χ0) is 17.8. The highest BCUT2D eigenvalue weighted by Gasteiger charge is 2.17. The molecule has 7 heteroatoms. The number of phenolic OH excluding ortho intramolecular Hbond substituents is 1. The molecule has 0 saturated heterocycles. The molecule has 2 aromatic carbocycles. The van der Waals surface area contributed by atoms with Gasteiger partial charge in [0.2, 0.25) is 0 Å². The van der Waals surface area contributed by atoms with Crippen molar-refractivity contribution >= 4 is 23.4 Å². The van der Waals surface area contributed by atoms with Gasteiger partial charge in [0.05, 0.1) is 0 Å². The number of anilines is 1. The number of ether oxygens (including phenoxy) is 1. The van der Waals surface area contributed by atoms with Crippen molar-refractivity contribution in [3.63, 3.8) is 0 Å². The lowest BCUT2D eigenvalue weighted by atomic mass is 10.1. The van der Waals surface area contributed by atoms with E-state index in [-0.39, 0.29) is 5.75 Å². The Hall–Kier alpha value is -2.99. The van der Waals surface area contributed by atoms with Crippen LogP contribution in [0.25, 0.3) is 11.3 Å². The molecule has 25 heavy (non-hydrogen) atoms. The van der Waals surface area contributed by atoms with Gasteiger partial charge in [0, 0.05) is 16.1 Å². The Labute approximate surface area is 149 Å². The Morgan fingerprint density at radius 3 is 2.68 bits per heavy atom. The monoisotopic (exact) mass is 358 g/mol. The fourth-order valence-corrected chi connectivity index (χ4v) is 2.61. The van der Waals surface area contributed by atoms with Crippen molar-refractivity contribution in [1.29, 1.82) is 0 Å². The topological polar surface area (TPSA) is 84.6 Å². The van der Waals surface area contributed by atoms with Crippen molar-refractivity contribution in [3.8, 4) is 17.0 Å². The molecule has 6 nitrogen and oxygen atoms in total. The lowest BCUT2D eigenvalue weighted by Gasteiger charge is -2.15. The molecule has 3 aromatic rings. The van der Waals surface area contributed by atoms with Crippen LogP contribution in [0.3, 0.4) is 0 Å². The Balaban J connectivity index is 1.71. The van der Waals surface area contributed by atoms with Crippen LogP contribution in [0.5, 0.6) is 5.75 Å². The van der Waals surface area contributed by atoms with Crippen molar-refractivity contribution in [2.24, 2.45) is 0 Å². The molecule has 0 spiro atoms. The second kappa shape index (κ2) is 7.27. The molecule has 1 atom stereocenters. The Kier molecular flexibility index (Phi) is 4.90. The summed E-state index contributed by atoms with van der Waals surface area (Å²) in [5, 5.41) is 16.4. The third kappa shape index (κ3) is 3.92. The van der Waals surface area contributed by atoms with E-state index in [9.17, 15) is 9.90 Å². The summed E-state index contributed by atoms with van der Waals surface area (Å²) in [5.74, 6) is 0.134. The van der Waals surface area contributed by atoms with Gasteiger partial charge in [-0.1, -0.05) is 35.0 Å². The van der Waals surface area contributed by atoms with Gasteiger partial charge in [-0.15, -0.1) is 0 Å². The summed E-state index contributed by atoms with van der Waals surface area (Å²) in [4.78, 5) is 12.2. The number of amides is 1. The van der Waals surface area contributed by atoms with E-state index in [4.69, 9.17) is 20.9 Å². The van der Waals surface area contributed by atoms with Crippen LogP contribution in [-0.2, 0) is 4.74 Å².